The van der Waals surface area contributed by atoms with Crippen LogP contribution < -0.4 is 10.1 Å². The van der Waals surface area contributed by atoms with E-state index >= 15 is 0 Å². The number of halogens is 1. The topological polar surface area (TPSA) is 58.6 Å². The highest BCUT2D eigenvalue weighted by molar-refractivity contribution is 6.30. The molecule has 29 heavy (non-hydrogen) atoms. The molecule has 2 aromatic rings. The number of nitrogens with zero attached hydrogens (tertiary/aromatic N) is 1. The van der Waals surface area contributed by atoms with E-state index in [9.17, 15) is 9.59 Å². The van der Waals surface area contributed by atoms with E-state index in [2.05, 4.69) is 12.2 Å². The van der Waals surface area contributed by atoms with E-state index in [0.29, 0.717) is 23.9 Å². The monoisotopic (exact) mass is 416 g/mol. The minimum Gasteiger partial charge on any atom is -0.484 e. The molecule has 5 nitrogen and oxygen atoms in total. The van der Waals surface area contributed by atoms with E-state index in [1.807, 2.05) is 31.2 Å². The molecule has 0 saturated carbocycles. The Morgan fingerprint density at radius 3 is 2.62 bits per heavy atom. The van der Waals surface area contributed by atoms with Crippen molar-refractivity contribution in [3.8, 4) is 5.75 Å². The Kier molecular flexibility index (Phi) is 9.00. The van der Waals surface area contributed by atoms with Crippen molar-refractivity contribution >= 4 is 23.4 Å². The van der Waals surface area contributed by atoms with Crippen molar-refractivity contribution in [3.63, 3.8) is 0 Å². The van der Waals surface area contributed by atoms with E-state index < -0.39 is 6.04 Å². The number of carbonyl (C=O) groups is 2. The molecule has 156 valence electrons. The smallest absolute Gasteiger partial charge is 0.261 e. The van der Waals surface area contributed by atoms with Crippen molar-refractivity contribution in [2.75, 3.05) is 13.2 Å². The predicted molar refractivity (Wildman–Crippen MR) is 116 cm³/mol. The quantitative estimate of drug-likeness (QED) is 0.585. The highest BCUT2D eigenvalue weighted by Gasteiger charge is 2.26. The van der Waals surface area contributed by atoms with Gasteiger partial charge in [0, 0.05) is 18.1 Å². The van der Waals surface area contributed by atoms with Crippen molar-refractivity contribution in [1.29, 1.82) is 0 Å². The van der Waals surface area contributed by atoms with Crippen LogP contribution in [-0.4, -0.2) is 35.9 Å². The second-order valence-corrected chi connectivity index (χ2v) is 7.51. The average Bonchev–Trinajstić information content (AvgIpc) is 2.70. The van der Waals surface area contributed by atoms with Crippen molar-refractivity contribution in [3.05, 3.63) is 64.7 Å². The van der Waals surface area contributed by atoms with Gasteiger partial charge in [-0.15, -0.1) is 0 Å². The molecule has 0 aliphatic rings. The number of hydrogen-bond acceptors (Lipinski definition) is 3. The van der Waals surface area contributed by atoms with Gasteiger partial charge in [0.2, 0.25) is 5.91 Å². The number of carbonyl (C=O) groups excluding carboxylic acids is 2. The van der Waals surface area contributed by atoms with E-state index in [0.717, 1.165) is 24.0 Å². The van der Waals surface area contributed by atoms with Gasteiger partial charge >= 0.3 is 0 Å². The summed E-state index contributed by atoms with van der Waals surface area (Å²) in [4.78, 5) is 27.1. The minimum atomic E-state index is -0.608. The Labute approximate surface area is 178 Å². The van der Waals surface area contributed by atoms with E-state index in [1.54, 1.807) is 36.1 Å². The van der Waals surface area contributed by atoms with Gasteiger partial charge in [-0.1, -0.05) is 60.8 Å². The number of aryl methyl sites for hydroxylation is 1. The normalized spacial score (nSPS) is 11.6. The summed E-state index contributed by atoms with van der Waals surface area (Å²) >= 11 is 5.97. The second-order valence-electron chi connectivity index (χ2n) is 7.08. The van der Waals surface area contributed by atoms with Gasteiger partial charge in [-0.3, -0.25) is 9.59 Å². The standard InChI is InChI=1S/C23H29ClN2O3/c1-4-5-12-25-23(28)18(3)26(15-19-9-6-8-17(2)13-19)22(27)16-29-21-11-7-10-20(24)14-21/h6-11,13-14,18H,4-5,12,15-16H2,1-3H3,(H,25,28)/t18-/m1/s1. The molecule has 0 bridgehead atoms. The van der Waals surface area contributed by atoms with Gasteiger partial charge in [0.1, 0.15) is 11.8 Å². The summed E-state index contributed by atoms with van der Waals surface area (Å²) in [6.07, 6.45) is 1.90. The Bertz CT molecular complexity index is 825. The molecule has 2 amide bonds. The highest BCUT2D eigenvalue weighted by Crippen LogP contribution is 2.18. The maximum atomic E-state index is 13.0. The van der Waals surface area contributed by atoms with Gasteiger partial charge in [0.15, 0.2) is 6.61 Å². The van der Waals surface area contributed by atoms with E-state index in [-0.39, 0.29) is 18.4 Å². The summed E-state index contributed by atoms with van der Waals surface area (Å²) in [5, 5.41) is 3.44. The first-order chi connectivity index (χ1) is 13.9. The number of ether oxygens (including phenoxy) is 1. The summed E-state index contributed by atoms with van der Waals surface area (Å²) in [5.74, 6) is 0.0910. The second kappa shape index (κ2) is 11.5. The third-order valence-electron chi connectivity index (χ3n) is 4.59. The molecule has 2 rings (SSSR count). The lowest BCUT2D eigenvalue weighted by molar-refractivity contribution is -0.142. The molecule has 1 atom stereocenters. The van der Waals surface area contributed by atoms with Gasteiger partial charge < -0.3 is 15.0 Å². The van der Waals surface area contributed by atoms with Crippen LogP contribution in [0.25, 0.3) is 0 Å². The van der Waals surface area contributed by atoms with Crippen LogP contribution in [0.4, 0.5) is 0 Å². The summed E-state index contributed by atoms with van der Waals surface area (Å²) in [6.45, 7) is 6.58. The average molecular weight is 417 g/mol. The fourth-order valence-corrected chi connectivity index (χ4v) is 3.09. The largest absolute Gasteiger partial charge is 0.484 e. The maximum Gasteiger partial charge on any atom is 0.261 e. The number of amides is 2. The van der Waals surface area contributed by atoms with Crippen LogP contribution in [0.2, 0.25) is 5.02 Å². The fourth-order valence-electron chi connectivity index (χ4n) is 2.91. The first kappa shape index (κ1) is 22.8. The third kappa shape index (κ3) is 7.42. The predicted octanol–water partition coefficient (Wildman–Crippen LogP) is 4.36. The zero-order valence-corrected chi connectivity index (χ0v) is 18.0. The molecule has 0 unspecified atom stereocenters. The van der Waals surface area contributed by atoms with Gasteiger partial charge in [-0.05, 0) is 44.0 Å². The van der Waals surface area contributed by atoms with Crippen molar-refractivity contribution in [1.82, 2.24) is 10.2 Å². The summed E-state index contributed by atoms with van der Waals surface area (Å²) < 4.78 is 5.61. The molecule has 0 saturated heterocycles. The van der Waals surface area contributed by atoms with Crippen LogP contribution in [0.1, 0.15) is 37.8 Å². The Morgan fingerprint density at radius 2 is 1.93 bits per heavy atom. The molecule has 0 spiro atoms. The van der Waals surface area contributed by atoms with E-state index in [4.69, 9.17) is 16.3 Å². The van der Waals surface area contributed by atoms with E-state index in [1.165, 1.54) is 0 Å². The SMILES string of the molecule is CCCCNC(=O)[C@@H](C)N(Cc1cccc(C)c1)C(=O)COc1cccc(Cl)c1. The fraction of sp³-hybridized carbons (Fsp3) is 0.391. The Balaban J connectivity index is 2.11. The Morgan fingerprint density at radius 1 is 1.17 bits per heavy atom. The number of benzene rings is 2. The van der Waals surface area contributed by atoms with Gasteiger partial charge in [0.05, 0.1) is 0 Å². The molecule has 1 N–H and O–H groups in total. The lowest BCUT2D eigenvalue weighted by Crippen LogP contribution is -2.49. The van der Waals surface area contributed by atoms with Crippen molar-refractivity contribution in [2.45, 2.75) is 46.2 Å². The molecule has 0 aromatic heterocycles. The summed E-state index contributed by atoms with van der Waals surface area (Å²) in [6, 6.07) is 14.2. The Hall–Kier alpha value is -2.53. The zero-order valence-electron chi connectivity index (χ0n) is 17.3. The summed E-state index contributed by atoms with van der Waals surface area (Å²) in [5.41, 5.74) is 2.07. The lowest BCUT2D eigenvalue weighted by atomic mass is 10.1. The molecule has 6 heteroatoms. The van der Waals surface area contributed by atoms with Crippen LogP contribution in [0.3, 0.4) is 0 Å². The number of nitrogens with one attached hydrogen (secondary N) is 1. The zero-order chi connectivity index (χ0) is 21.2. The molecular weight excluding hydrogens is 388 g/mol. The minimum absolute atomic E-state index is 0.165. The van der Waals surface area contributed by atoms with Gasteiger partial charge in [-0.2, -0.15) is 0 Å². The molecule has 0 aliphatic heterocycles. The highest BCUT2D eigenvalue weighted by atomic mass is 35.5. The van der Waals surface area contributed by atoms with Crippen LogP contribution in [0.5, 0.6) is 5.75 Å². The van der Waals surface area contributed by atoms with Gasteiger partial charge in [0.25, 0.3) is 5.91 Å². The number of hydrogen-bond donors (Lipinski definition) is 1. The van der Waals surface area contributed by atoms with Crippen LogP contribution >= 0.6 is 11.6 Å². The van der Waals surface area contributed by atoms with Crippen LogP contribution in [-0.2, 0) is 16.1 Å². The van der Waals surface area contributed by atoms with Crippen LogP contribution in [0, 0.1) is 6.92 Å². The molecule has 2 aromatic carbocycles. The summed E-state index contributed by atoms with van der Waals surface area (Å²) in [7, 11) is 0. The number of rotatable bonds is 10. The van der Waals surface area contributed by atoms with Crippen molar-refractivity contribution < 1.29 is 14.3 Å². The molecular formula is C23H29ClN2O3. The van der Waals surface area contributed by atoms with Crippen molar-refractivity contribution in [2.24, 2.45) is 0 Å². The molecule has 0 fully saturated rings. The third-order valence-corrected chi connectivity index (χ3v) is 4.83. The first-order valence-corrected chi connectivity index (χ1v) is 10.3. The van der Waals surface area contributed by atoms with Crippen LogP contribution in [0.15, 0.2) is 48.5 Å². The molecule has 0 heterocycles. The maximum absolute atomic E-state index is 13.0. The molecule has 0 aliphatic carbocycles. The lowest BCUT2D eigenvalue weighted by Gasteiger charge is -2.29. The van der Waals surface area contributed by atoms with Gasteiger partial charge in [-0.25, -0.2) is 0 Å². The number of unbranched alkanes of at least 4 members (excludes halogenated alkanes) is 1. The molecule has 0 radical (unpaired) electrons. The first-order valence-electron chi connectivity index (χ1n) is 9.91.